The standard InChI is InChI=1S/C16H18N2OS.ClH/c17-14-9-4-5-10-15(14)18-16(19)11-6-12-20-13-7-2-1-3-8-13;/h1-5,7-10H,6,11-12,17H2,(H,18,19);1H. The van der Waals surface area contributed by atoms with Crippen LogP contribution in [0.5, 0.6) is 0 Å². The normalized spacial score (nSPS) is 9.71. The first kappa shape index (κ1) is 17.4. The van der Waals surface area contributed by atoms with Crippen LogP contribution < -0.4 is 11.1 Å². The SMILES string of the molecule is Cl.Nc1ccccc1NC(=O)CCCSc1ccccc1. The Morgan fingerprint density at radius 1 is 1.05 bits per heavy atom. The van der Waals surface area contributed by atoms with Gasteiger partial charge in [0.05, 0.1) is 11.4 Å². The number of carbonyl (C=O) groups excluding carboxylic acids is 1. The zero-order valence-corrected chi connectivity index (χ0v) is 13.3. The van der Waals surface area contributed by atoms with Crippen molar-refractivity contribution in [2.75, 3.05) is 16.8 Å². The molecule has 0 aliphatic heterocycles. The third-order valence-corrected chi connectivity index (χ3v) is 3.89. The zero-order valence-electron chi connectivity index (χ0n) is 11.6. The molecule has 0 aliphatic carbocycles. The molecule has 112 valence electrons. The van der Waals surface area contributed by atoms with Crippen LogP contribution in [0.4, 0.5) is 11.4 Å². The average molecular weight is 323 g/mol. The van der Waals surface area contributed by atoms with Gasteiger partial charge >= 0.3 is 0 Å². The molecule has 0 aromatic heterocycles. The highest BCUT2D eigenvalue weighted by Gasteiger charge is 2.04. The van der Waals surface area contributed by atoms with Crippen molar-refractivity contribution in [3.63, 3.8) is 0 Å². The van der Waals surface area contributed by atoms with Gasteiger partial charge in [-0.1, -0.05) is 30.3 Å². The minimum absolute atomic E-state index is 0. The lowest BCUT2D eigenvalue weighted by Crippen LogP contribution is -2.12. The molecule has 0 heterocycles. The number of nitrogens with one attached hydrogen (secondary N) is 1. The van der Waals surface area contributed by atoms with Crippen molar-refractivity contribution >= 4 is 41.5 Å². The van der Waals surface area contributed by atoms with Gasteiger partial charge in [0.25, 0.3) is 0 Å². The second-order valence-electron chi connectivity index (χ2n) is 4.40. The molecule has 0 aliphatic rings. The summed E-state index contributed by atoms with van der Waals surface area (Å²) < 4.78 is 0. The first-order chi connectivity index (χ1) is 9.75. The van der Waals surface area contributed by atoms with Crippen molar-refractivity contribution in [1.82, 2.24) is 0 Å². The van der Waals surface area contributed by atoms with Gasteiger partial charge in [-0.25, -0.2) is 0 Å². The molecule has 3 nitrogen and oxygen atoms in total. The van der Waals surface area contributed by atoms with Crippen LogP contribution in [0.2, 0.25) is 0 Å². The van der Waals surface area contributed by atoms with Gasteiger partial charge in [0.2, 0.25) is 5.91 Å². The van der Waals surface area contributed by atoms with Crippen LogP contribution in [-0.2, 0) is 4.79 Å². The van der Waals surface area contributed by atoms with E-state index in [1.807, 2.05) is 36.4 Å². The molecule has 2 aromatic carbocycles. The molecular formula is C16H19ClN2OS. The summed E-state index contributed by atoms with van der Waals surface area (Å²) in [4.78, 5) is 13.0. The summed E-state index contributed by atoms with van der Waals surface area (Å²) in [5, 5.41) is 2.84. The first-order valence-corrected chi connectivity index (χ1v) is 7.56. The monoisotopic (exact) mass is 322 g/mol. The van der Waals surface area contributed by atoms with E-state index in [0.29, 0.717) is 17.8 Å². The summed E-state index contributed by atoms with van der Waals surface area (Å²) in [6.45, 7) is 0. The first-order valence-electron chi connectivity index (χ1n) is 6.58. The predicted molar refractivity (Wildman–Crippen MR) is 93.1 cm³/mol. The van der Waals surface area contributed by atoms with Gasteiger partial charge in [-0.15, -0.1) is 24.2 Å². The van der Waals surface area contributed by atoms with Crippen molar-refractivity contribution in [3.05, 3.63) is 54.6 Å². The Labute approximate surface area is 135 Å². The Hall–Kier alpha value is -1.65. The van der Waals surface area contributed by atoms with Crippen LogP contribution in [0.3, 0.4) is 0 Å². The molecule has 21 heavy (non-hydrogen) atoms. The highest BCUT2D eigenvalue weighted by molar-refractivity contribution is 7.99. The van der Waals surface area contributed by atoms with E-state index in [0.717, 1.165) is 12.2 Å². The minimum Gasteiger partial charge on any atom is -0.397 e. The van der Waals surface area contributed by atoms with E-state index < -0.39 is 0 Å². The van der Waals surface area contributed by atoms with Gasteiger partial charge in [-0.05, 0) is 36.4 Å². The van der Waals surface area contributed by atoms with Crippen LogP contribution in [0.25, 0.3) is 0 Å². The van der Waals surface area contributed by atoms with Crippen molar-refractivity contribution in [3.8, 4) is 0 Å². The van der Waals surface area contributed by atoms with Crippen LogP contribution in [0, 0.1) is 0 Å². The number of para-hydroxylation sites is 2. The molecule has 0 saturated carbocycles. The van der Waals surface area contributed by atoms with E-state index in [9.17, 15) is 4.79 Å². The average Bonchev–Trinajstić information content (AvgIpc) is 2.47. The van der Waals surface area contributed by atoms with Gasteiger partial charge < -0.3 is 11.1 Å². The lowest BCUT2D eigenvalue weighted by Gasteiger charge is -2.07. The molecule has 2 aromatic rings. The van der Waals surface area contributed by atoms with Crippen LogP contribution >= 0.6 is 24.2 Å². The molecule has 0 spiro atoms. The van der Waals surface area contributed by atoms with E-state index in [-0.39, 0.29) is 18.3 Å². The number of carbonyl (C=O) groups is 1. The van der Waals surface area contributed by atoms with E-state index in [4.69, 9.17) is 5.73 Å². The number of benzene rings is 2. The molecule has 0 fully saturated rings. The van der Waals surface area contributed by atoms with Crippen molar-refractivity contribution in [2.24, 2.45) is 0 Å². The fourth-order valence-corrected chi connectivity index (χ4v) is 2.64. The van der Waals surface area contributed by atoms with Crippen LogP contribution in [-0.4, -0.2) is 11.7 Å². The number of nitrogens with two attached hydrogens (primary N) is 1. The molecule has 1 amide bonds. The fraction of sp³-hybridized carbons (Fsp3) is 0.188. The highest BCUT2D eigenvalue weighted by Crippen LogP contribution is 2.19. The van der Waals surface area contributed by atoms with E-state index in [2.05, 4.69) is 17.4 Å². The Kier molecular flexibility index (Phi) is 7.72. The number of halogens is 1. The topological polar surface area (TPSA) is 55.1 Å². The molecule has 0 radical (unpaired) electrons. The minimum atomic E-state index is 0. The molecule has 0 unspecified atom stereocenters. The molecule has 2 rings (SSSR count). The maximum absolute atomic E-state index is 11.8. The van der Waals surface area contributed by atoms with Gasteiger partial charge in [0.15, 0.2) is 0 Å². The number of amides is 1. The Morgan fingerprint density at radius 2 is 1.71 bits per heavy atom. The number of hydrogen-bond donors (Lipinski definition) is 2. The summed E-state index contributed by atoms with van der Waals surface area (Å²) in [5.41, 5.74) is 7.07. The van der Waals surface area contributed by atoms with Gasteiger partial charge in [-0.3, -0.25) is 4.79 Å². The molecule has 0 atom stereocenters. The summed E-state index contributed by atoms with van der Waals surface area (Å²) in [6.07, 6.45) is 1.35. The number of anilines is 2. The fourth-order valence-electron chi connectivity index (χ4n) is 1.76. The third-order valence-electron chi connectivity index (χ3n) is 2.79. The summed E-state index contributed by atoms with van der Waals surface area (Å²) in [7, 11) is 0. The number of rotatable bonds is 6. The number of thioether (sulfide) groups is 1. The van der Waals surface area contributed by atoms with E-state index >= 15 is 0 Å². The lowest BCUT2D eigenvalue weighted by atomic mass is 10.2. The van der Waals surface area contributed by atoms with Crippen molar-refractivity contribution < 1.29 is 4.79 Å². The zero-order chi connectivity index (χ0) is 14.2. The molecule has 0 saturated heterocycles. The Morgan fingerprint density at radius 3 is 2.43 bits per heavy atom. The van der Waals surface area contributed by atoms with Crippen molar-refractivity contribution in [2.45, 2.75) is 17.7 Å². The maximum Gasteiger partial charge on any atom is 0.224 e. The predicted octanol–water partition coefficient (Wildman–Crippen LogP) is 4.20. The smallest absolute Gasteiger partial charge is 0.224 e. The van der Waals surface area contributed by atoms with Crippen molar-refractivity contribution in [1.29, 1.82) is 0 Å². The summed E-state index contributed by atoms with van der Waals surface area (Å²) in [5.74, 6) is 0.943. The summed E-state index contributed by atoms with van der Waals surface area (Å²) >= 11 is 1.77. The van der Waals surface area contributed by atoms with Gasteiger partial charge in [0, 0.05) is 11.3 Å². The number of hydrogen-bond acceptors (Lipinski definition) is 3. The highest BCUT2D eigenvalue weighted by atomic mass is 35.5. The van der Waals surface area contributed by atoms with Gasteiger partial charge in [0.1, 0.15) is 0 Å². The van der Waals surface area contributed by atoms with Crippen LogP contribution in [0.15, 0.2) is 59.5 Å². The molecular weight excluding hydrogens is 304 g/mol. The number of nitrogen functional groups attached to an aromatic ring is 1. The second-order valence-corrected chi connectivity index (χ2v) is 5.57. The van der Waals surface area contributed by atoms with E-state index in [1.165, 1.54) is 4.90 Å². The third kappa shape index (κ3) is 6.10. The molecule has 3 N–H and O–H groups in total. The summed E-state index contributed by atoms with van der Waals surface area (Å²) in [6, 6.07) is 17.5. The second kappa shape index (κ2) is 9.32. The quantitative estimate of drug-likeness (QED) is 0.476. The van der Waals surface area contributed by atoms with Gasteiger partial charge in [-0.2, -0.15) is 0 Å². The maximum atomic E-state index is 11.8. The van der Waals surface area contributed by atoms with Crippen LogP contribution in [0.1, 0.15) is 12.8 Å². The Bertz CT molecular complexity index is 563. The molecule has 5 heteroatoms. The Balaban J connectivity index is 0.00000220. The largest absolute Gasteiger partial charge is 0.397 e. The molecule has 0 bridgehead atoms. The van der Waals surface area contributed by atoms with E-state index in [1.54, 1.807) is 17.8 Å². The lowest BCUT2D eigenvalue weighted by molar-refractivity contribution is -0.116.